The van der Waals surface area contributed by atoms with Crippen LogP contribution in [0, 0.1) is 16.0 Å². The van der Waals surface area contributed by atoms with E-state index < -0.39 is 28.4 Å². The fourth-order valence-corrected chi connectivity index (χ4v) is 1.99. The first-order chi connectivity index (χ1) is 10.4. The number of amides is 2. The fraction of sp³-hybridized carbons (Fsp3) is 0.0769. The molecule has 1 aromatic rings. The molecule has 1 aliphatic rings. The van der Waals surface area contributed by atoms with Crippen molar-refractivity contribution in [3.05, 3.63) is 46.0 Å². The topological polar surface area (TPSA) is 118 Å². The highest BCUT2D eigenvalue weighted by atomic mass is 32.1. The number of nitrogens with zero attached hydrogens (tertiary/aromatic N) is 1. The molecule has 0 saturated carbocycles. The number of allylic oxidation sites excluding steroid dienone is 1. The maximum atomic E-state index is 11.9. The Morgan fingerprint density at radius 2 is 1.91 bits per heavy atom. The van der Waals surface area contributed by atoms with Gasteiger partial charge in [0.2, 0.25) is 11.8 Å². The minimum absolute atomic E-state index is 0.131. The van der Waals surface area contributed by atoms with Crippen LogP contribution >= 0.6 is 12.2 Å². The van der Waals surface area contributed by atoms with Crippen LogP contribution in [0.2, 0.25) is 0 Å². The summed E-state index contributed by atoms with van der Waals surface area (Å²) >= 11 is 4.62. The molecule has 0 radical (unpaired) electrons. The molecule has 0 spiro atoms. The Labute approximate surface area is 129 Å². The lowest BCUT2D eigenvalue weighted by Crippen LogP contribution is -2.57. The first-order valence-electron chi connectivity index (χ1n) is 6.00. The number of nitrogens with one attached hydrogen (secondary N) is 2. The van der Waals surface area contributed by atoms with Crippen molar-refractivity contribution >= 4 is 46.7 Å². The summed E-state index contributed by atoms with van der Waals surface area (Å²) in [5.74, 6) is -3.88. The summed E-state index contributed by atoms with van der Waals surface area (Å²) in [6.07, 6.45) is 2.32. The van der Waals surface area contributed by atoms with Gasteiger partial charge in [0.05, 0.1) is 4.92 Å². The summed E-state index contributed by atoms with van der Waals surface area (Å²) in [6.45, 7) is 0. The third kappa shape index (κ3) is 3.38. The summed E-state index contributed by atoms with van der Waals surface area (Å²) in [6, 6.07) is 5.58. The molecule has 1 saturated heterocycles. The van der Waals surface area contributed by atoms with E-state index in [0.717, 1.165) is 6.08 Å². The number of nitro groups is 1. The summed E-state index contributed by atoms with van der Waals surface area (Å²) < 4.78 is 0. The van der Waals surface area contributed by atoms with E-state index in [1.165, 1.54) is 24.3 Å². The molecule has 1 aliphatic heterocycles. The number of hydrogen-bond donors (Lipinski definition) is 2. The molecule has 2 amide bonds. The lowest BCUT2D eigenvalue weighted by atomic mass is 9.99. The number of rotatable bonds is 4. The summed E-state index contributed by atoms with van der Waals surface area (Å²) in [4.78, 5) is 45.2. The van der Waals surface area contributed by atoms with Gasteiger partial charge in [0.15, 0.2) is 16.8 Å². The maximum Gasteiger partial charge on any atom is 0.270 e. The van der Waals surface area contributed by atoms with Gasteiger partial charge >= 0.3 is 0 Å². The first kappa shape index (κ1) is 15.4. The Balaban J connectivity index is 2.16. The number of benzene rings is 1. The number of carbonyl (C=O) groups excluding carboxylic acids is 3. The van der Waals surface area contributed by atoms with Crippen molar-refractivity contribution in [1.29, 1.82) is 0 Å². The molecule has 0 atom stereocenters. The smallest absolute Gasteiger partial charge is 0.270 e. The molecular formula is C13H9N3O5S. The third-order valence-corrected chi connectivity index (χ3v) is 3.01. The highest BCUT2D eigenvalue weighted by Crippen LogP contribution is 2.15. The molecular weight excluding hydrogens is 310 g/mol. The largest absolute Gasteiger partial charge is 0.302 e. The molecule has 0 bridgehead atoms. The summed E-state index contributed by atoms with van der Waals surface area (Å²) in [7, 11) is 0. The van der Waals surface area contributed by atoms with E-state index in [4.69, 9.17) is 0 Å². The van der Waals surface area contributed by atoms with Gasteiger partial charge in [-0.15, -0.1) is 0 Å². The van der Waals surface area contributed by atoms with E-state index in [9.17, 15) is 24.5 Å². The van der Waals surface area contributed by atoms with E-state index in [1.54, 1.807) is 6.07 Å². The van der Waals surface area contributed by atoms with Crippen molar-refractivity contribution in [1.82, 2.24) is 10.6 Å². The van der Waals surface area contributed by atoms with Gasteiger partial charge in [-0.3, -0.25) is 24.5 Å². The zero-order valence-electron chi connectivity index (χ0n) is 10.9. The van der Waals surface area contributed by atoms with Gasteiger partial charge in [0, 0.05) is 12.1 Å². The van der Waals surface area contributed by atoms with Gasteiger partial charge in [0.25, 0.3) is 5.69 Å². The van der Waals surface area contributed by atoms with E-state index >= 15 is 0 Å². The SMILES string of the molecule is O=C(/C=C/c1cccc([N+](=O)[O-])c1)C1C(=O)NC(=S)NC1=O. The Hall–Kier alpha value is -2.94. The van der Waals surface area contributed by atoms with Gasteiger partial charge in [0.1, 0.15) is 0 Å². The normalized spacial score (nSPS) is 15.5. The molecule has 2 N–H and O–H groups in total. The number of carbonyl (C=O) groups is 3. The first-order valence-corrected chi connectivity index (χ1v) is 6.41. The number of non-ortho nitro benzene ring substituents is 1. The van der Waals surface area contributed by atoms with Crippen LogP contribution in [0.3, 0.4) is 0 Å². The van der Waals surface area contributed by atoms with Crippen molar-refractivity contribution in [3.63, 3.8) is 0 Å². The lowest BCUT2D eigenvalue weighted by Gasteiger charge is -2.20. The molecule has 1 aromatic carbocycles. The van der Waals surface area contributed by atoms with E-state index in [2.05, 4.69) is 22.9 Å². The highest BCUT2D eigenvalue weighted by molar-refractivity contribution is 7.80. The highest BCUT2D eigenvalue weighted by Gasteiger charge is 2.37. The minimum Gasteiger partial charge on any atom is -0.302 e. The fourth-order valence-electron chi connectivity index (χ4n) is 1.79. The van der Waals surface area contributed by atoms with Gasteiger partial charge in [-0.1, -0.05) is 18.2 Å². The van der Waals surface area contributed by atoms with Crippen molar-refractivity contribution < 1.29 is 19.3 Å². The molecule has 0 unspecified atom stereocenters. The van der Waals surface area contributed by atoms with Crippen molar-refractivity contribution in [3.8, 4) is 0 Å². The monoisotopic (exact) mass is 319 g/mol. The quantitative estimate of drug-likeness (QED) is 0.271. The van der Waals surface area contributed by atoms with Gasteiger partial charge in [-0.2, -0.15) is 0 Å². The van der Waals surface area contributed by atoms with Crippen molar-refractivity contribution in [2.75, 3.05) is 0 Å². The predicted octanol–water partition coefficient (Wildman–Crippen LogP) is 0.324. The average molecular weight is 319 g/mol. The molecule has 22 heavy (non-hydrogen) atoms. The third-order valence-electron chi connectivity index (χ3n) is 2.80. The number of nitro benzene ring substituents is 1. The second-order valence-corrected chi connectivity index (χ2v) is 4.74. The molecule has 9 heteroatoms. The van der Waals surface area contributed by atoms with Crippen LogP contribution in [0.15, 0.2) is 30.3 Å². The van der Waals surface area contributed by atoms with Crippen LogP contribution in [0.1, 0.15) is 5.56 Å². The summed E-state index contributed by atoms with van der Waals surface area (Å²) in [5, 5.41) is 14.9. The van der Waals surface area contributed by atoms with E-state index in [-0.39, 0.29) is 10.8 Å². The van der Waals surface area contributed by atoms with Crippen LogP contribution < -0.4 is 10.6 Å². The number of thiocarbonyl (C=S) groups is 1. The number of ketones is 1. The Morgan fingerprint density at radius 3 is 2.50 bits per heavy atom. The minimum atomic E-state index is -1.53. The van der Waals surface area contributed by atoms with Crippen molar-refractivity contribution in [2.45, 2.75) is 0 Å². The van der Waals surface area contributed by atoms with Crippen LogP contribution in [0.4, 0.5) is 5.69 Å². The molecule has 8 nitrogen and oxygen atoms in total. The van der Waals surface area contributed by atoms with Gasteiger partial charge in [-0.05, 0) is 23.9 Å². The zero-order valence-corrected chi connectivity index (χ0v) is 11.8. The second-order valence-electron chi connectivity index (χ2n) is 4.33. The second kappa shape index (κ2) is 6.22. The van der Waals surface area contributed by atoms with Crippen LogP contribution in [-0.4, -0.2) is 27.6 Å². The van der Waals surface area contributed by atoms with Crippen LogP contribution in [-0.2, 0) is 14.4 Å². The number of hydrogen-bond acceptors (Lipinski definition) is 6. The van der Waals surface area contributed by atoms with Crippen molar-refractivity contribution in [2.24, 2.45) is 5.92 Å². The van der Waals surface area contributed by atoms with Gasteiger partial charge < -0.3 is 10.6 Å². The average Bonchev–Trinajstić information content (AvgIpc) is 2.44. The van der Waals surface area contributed by atoms with E-state index in [1.807, 2.05) is 0 Å². The molecule has 2 rings (SSSR count). The predicted molar refractivity (Wildman–Crippen MR) is 79.5 cm³/mol. The molecule has 0 aliphatic carbocycles. The van der Waals surface area contributed by atoms with E-state index in [0.29, 0.717) is 5.56 Å². The standard InChI is InChI=1S/C13H9N3O5S/c17-9(10-11(18)14-13(22)15-12(10)19)5-4-7-2-1-3-8(6-7)16(20)21/h1-6,10H,(H2,14,15,18,19,22)/b5-4+. The zero-order chi connectivity index (χ0) is 16.3. The Morgan fingerprint density at radius 1 is 1.27 bits per heavy atom. The van der Waals surface area contributed by atoms with Crippen LogP contribution in [0.25, 0.3) is 6.08 Å². The Kier molecular flexibility index (Phi) is 4.37. The summed E-state index contributed by atoms with van der Waals surface area (Å²) in [5.41, 5.74) is 0.266. The molecule has 1 heterocycles. The molecule has 112 valence electrons. The Bertz CT molecular complexity index is 708. The van der Waals surface area contributed by atoms with Gasteiger partial charge in [-0.25, -0.2) is 0 Å². The molecule has 1 fully saturated rings. The lowest BCUT2D eigenvalue weighted by molar-refractivity contribution is -0.384. The van der Waals surface area contributed by atoms with Crippen LogP contribution in [0.5, 0.6) is 0 Å². The molecule has 0 aromatic heterocycles. The maximum absolute atomic E-state index is 11.9.